The second-order valence-electron chi connectivity index (χ2n) is 3.78. The highest BCUT2D eigenvalue weighted by Crippen LogP contribution is 2.03. The highest BCUT2D eigenvalue weighted by atomic mass is 16.3. The summed E-state index contributed by atoms with van der Waals surface area (Å²) in [6, 6.07) is 1.90. The first-order chi connectivity index (χ1) is 8.28. The number of nitrogens with one attached hydrogen (secondary N) is 1. The van der Waals surface area contributed by atoms with E-state index in [1.807, 2.05) is 25.5 Å². The Morgan fingerprint density at radius 3 is 3.06 bits per heavy atom. The van der Waals surface area contributed by atoms with Crippen molar-refractivity contribution in [3.05, 3.63) is 24.2 Å². The van der Waals surface area contributed by atoms with Gasteiger partial charge in [0.1, 0.15) is 11.5 Å². The maximum Gasteiger partial charge on any atom is 0.148 e. The highest BCUT2D eigenvalue weighted by Gasteiger charge is 2.01. The molecule has 0 unspecified atom stereocenters. The molecule has 2 aromatic heterocycles. The summed E-state index contributed by atoms with van der Waals surface area (Å²) in [5, 5.41) is 24.0. The largest absolute Gasteiger partial charge is 0.396 e. The average Bonchev–Trinajstić information content (AvgIpc) is 2.93. The summed E-state index contributed by atoms with van der Waals surface area (Å²) >= 11 is 0. The van der Waals surface area contributed by atoms with E-state index in [9.17, 15) is 0 Å². The van der Waals surface area contributed by atoms with E-state index in [2.05, 4.69) is 20.7 Å². The van der Waals surface area contributed by atoms with Gasteiger partial charge in [0.05, 0.1) is 12.7 Å². The van der Waals surface area contributed by atoms with E-state index in [0.29, 0.717) is 19.5 Å². The van der Waals surface area contributed by atoms with Gasteiger partial charge in [-0.1, -0.05) is 5.21 Å². The Labute approximate surface area is 99.1 Å². The van der Waals surface area contributed by atoms with Crippen LogP contribution in [0.15, 0.2) is 18.5 Å². The molecule has 0 spiro atoms. The number of aliphatic hydroxyl groups excluding tert-OH is 1. The van der Waals surface area contributed by atoms with Gasteiger partial charge >= 0.3 is 0 Å². The zero-order chi connectivity index (χ0) is 12.1. The Morgan fingerprint density at radius 1 is 1.47 bits per heavy atom. The lowest BCUT2D eigenvalue weighted by molar-refractivity contribution is 0.276. The molecule has 2 aromatic rings. The average molecular weight is 236 g/mol. The van der Waals surface area contributed by atoms with Gasteiger partial charge in [0.2, 0.25) is 0 Å². The monoisotopic (exact) mass is 236 g/mol. The molecule has 0 radical (unpaired) electrons. The van der Waals surface area contributed by atoms with Crippen LogP contribution in [0, 0.1) is 0 Å². The molecule has 0 amide bonds. The predicted molar refractivity (Wildman–Crippen MR) is 62.3 cm³/mol. The highest BCUT2D eigenvalue weighted by molar-refractivity contribution is 5.32. The van der Waals surface area contributed by atoms with Crippen molar-refractivity contribution in [2.45, 2.75) is 19.5 Å². The summed E-state index contributed by atoms with van der Waals surface area (Å²) < 4.78 is 3.46. The molecule has 2 heterocycles. The lowest BCUT2D eigenvalue weighted by atomic mass is 10.4. The number of rotatable bonds is 6. The van der Waals surface area contributed by atoms with Crippen molar-refractivity contribution in [1.82, 2.24) is 24.8 Å². The summed E-state index contributed by atoms with van der Waals surface area (Å²) in [5.41, 5.74) is 0.855. The number of nitrogens with zero attached hydrogens (tertiary/aromatic N) is 5. The molecule has 0 fully saturated rings. The molecule has 0 bridgehead atoms. The molecule has 0 aromatic carbocycles. The Balaban J connectivity index is 1.84. The van der Waals surface area contributed by atoms with E-state index < -0.39 is 0 Å². The first-order valence-electron chi connectivity index (χ1n) is 5.51. The Kier molecular flexibility index (Phi) is 3.71. The zero-order valence-electron chi connectivity index (χ0n) is 9.74. The van der Waals surface area contributed by atoms with Crippen molar-refractivity contribution in [1.29, 1.82) is 0 Å². The molecule has 0 saturated heterocycles. The van der Waals surface area contributed by atoms with Gasteiger partial charge in [-0.15, -0.1) is 5.10 Å². The van der Waals surface area contributed by atoms with Crippen LogP contribution in [0.2, 0.25) is 0 Å². The van der Waals surface area contributed by atoms with Gasteiger partial charge in [-0.25, -0.2) is 0 Å². The standard InChI is InChI=1S/C10H16N6O/c1-15-5-3-10(13-15)11-7-9-8-16(14-12-9)4-2-6-17/h3,5,8,17H,2,4,6-7H2,1H3,(H,11,13). The van der Waals surface area contributed by atoms with Gasteiger partial charge in [-0.05, 0) is 6.42 Å². The fraction of sp³-hybridized carbons (Fsp3) is 0.500. The maximum atomic E-state index is 8.70. The molecular weight excluding hydrogens is 220 g/mol. The van der Waals surface area contributed by atoms with Crippen molar-refractivity contribution in [2.24, 2.45) is 7.05 Å². The summed E-state index contributed by atoms with van der Waals surface area (Å²) in [4.78, 5) is 0. The first kappa shape index (κ1) is 11.6. The summed E-state index contributed by atoms with van der Waals surface area (Å²) in [6.45, 7) is 1.45. The summed E-state index contributed by atoms with van der Waals surface area (Å²) in [5.74, 6) is 0.817. The van der Waals surface area contributed by atoms with E-state index in [1.54, 1.807) is 9.36 Å². The van der Waals surface area contributed by atoms with Crippen molar-refractivity contribution in [2.75, 3.05) is 11.9 Å². The number of aryl methyl sites for hydroxylation is 2. The molecule has 2 rings (SSSR count). The van der Waals surface area contributed by atoms with Gasteiger partial charge < -0.3 is 10.4 Å². The molecule has 0 atom stereocenters. The van der Waals surface area contributed by atoms with Crippen LogP contribution in [-0.2, 0) is 20.1 Å². The molecule has 7 nitrogen and oxygen atoms in total. The fourth-order valence-corrected chi connectivity index (χ4v) is 1.45. The lowest BCUT2D eigenvalue weighted by Gasteiger charge is -1.98. The van der Waals surface area contributed by atoms with Gasteiger partial charge in [-0.3, -0.25) is 9.36 Å². The smallest absolute Gasteiger partial charge is 0.148 e. The minimum Gasteiger partial charge on any atom is -0.396 e. The van der Waals surface area contributed by atoms with E-state index in [4.69, 9.17) is 5.11 Å². The number of aromatic nitrogens is 5. The number of hydrogen-bond acceptors (Lipinski definition) is 5. The van der Waals surface area contributed by atoms with Crippen LogP contribution in [0.25, 0.3) is 0 Å². The van der Waals surface area contributed by atoms with Gasteiger partial charge in [0, 0.05) is 32.5 Å². The maximum absolute atomic E-state index is 8.70. The van der Waals surface area contributed by atoms with Gasteiger partial charge in [0.25, 0.3) is 0 Å². The third-order valence-electron chi connectivity index (χ3n) is 2.30. The van der Waals surface area contributed by atoms with Crippen molar-refractivity contribution < 1.29 is 5.11 Å². The van der Waals surface area contributed by atoms with Crippen LogP contribution < -0.4 is 5.32 Å². The first-order valence-corrected chi connectivity index (χ1v) is 5.51. The normalized spacial score (nSPS) is 10.7. The van der Waals surface area contributed by atoms with Crippen molar-refractivity contribution >= 4 is 5.82 Å². The van der Waals surface area contributed by atoms with Crippen LogP contribution >= 0.6 is 0 Å². The lowest BCUT2D eigenvalue weighted by Crippen LogP contribution is -2.01. The van der Waals surface area contributed by atoms with Gasteiger partial charge in [0.15, 0.2) is 0 Å². The van der Waals surface area contributed by atoms with Crippen LogP contribution in [0.1, 0.15) is 12.1 Å². The third-order valence-corrected chi connectivity index (χ3v) is 2.30. The van der Waals surface area contributed by atoms with Crippen LogP contribution in [0.3, 0.4) is 0 Å². The van der Waals surface area contributed by atoms with Gasteiger partial charge in [-0.2, -0.15) is 5.10 Å². The van der Waals surface area contributed by atoms with Crippen LogP contribution in [-0.4, -0.2) is 36.5 Å². The minimum atomic E-state index is 0.168. The Hall–Kier alpha value is -1.89. The van der Waals surface area contributed by atoms with Crippen molar-refractivity contribution in [3.63, 3.8) is 0 Å². The molecular formula is C10H16N6O. The molecule has 2 N–H and O–H groups in total. The second kappa shape index (κ2) is 5.44. The number of hydrogen-bond donors (Lipinski definition) is 2. The van der Waals surface area contributed by atoms with Crippen LogP contribution in [0.4, 0.5) is 5.82 Å². The molecule has 0 aliphatic carbocycles. The summed E-state index contributed by atoms with van der Waals surface area (Å²) in [7, 11) is 1.87. The predicted octanol–water partition coefficient (Wildman–Crippen LogP) is 0.00610. The number of anilines is 1. The Morgan fingerprint density at radius 2 is 2.35 bits per heavy atom. The van der Waals surface area contributed by atoms with Crippen molar-refractivity contribution in [3.8, 4) is 0 Å². The molecule has 0 aliphatic rings. The van der Waals surface area contributed by atoms with E-state index in [1.165, 1.54) is 0 Å². The van der Waals surface area contributed by atoms with E-state index in [0.717, 1.165) is 11.5 Å². The third kappa shape index (κ3) is 3.28. The van der Waals surface area contributed by atoms with E-state index in [-0.39, 0.29) is 6.61 Å². The topological polar surface area (TPSA) is 80.8 Å². The molecule has 7 heteroatoms. The molecule has 92 valence electrons. The minimum absolute atomic E-state index is 0.168. The molecule has 0 aliphatic heterocycles. The summed E-state index contributed by atoms with van der Waals surface area (Å²) in [6.07, 6.45) is 4.43. The van der Waals surface area contributed by atoms with Crippen LogP contribution in [0.5, 0.6) is 0 Å². The second-order valence-corrected chi connectivity index (χ2v) is 3.78. The Bertz CT molecular complexity index is 463. The zero-order valence-corrected chi connectivity index (χ0v) is 9.74. The number of aliphatic hydroxyl groups is 1. The van der Waals surface area contributed by atoms with E-state index >= 15 is 0 Å². The SMILES string of the molecule is Cn1ccc(NCc2cn(CCCO)nn2)n1. The fourth-order valence-electron chi connectivity index (χ4n) is 1.45. The molecule has 17 heavy (non-hydrogen) atoms. The quantitative estimate of drug-likeness (QED) is 0.738. The molecule has 0 saturated carbocycles.